The minimum atomic E-state index is -1.40. The SMILES string of the molecule is COc1cc2c(cc1OC(C)=O)CCN[C@]21CS[C@@H]2c3c(OC(C)=O)c(C)c4c(c3[C@H](COC1=O)N1C2[C@H]2c3c(cc(C)c(OC)c3O)C[C@H]([C@@H]1O)N2C)OCO4. The molecule has 7 aliphatic rings. The molecule has 7 atom stereocenters. The number of nitrogens with one attached hydrogen (secondary N) is 1. The summed E-state index contributed by atoms with van der Waals surface area (Å²) in [7, 11) is 4.95. The van der Waals surface area contributed by atoms with Crippen molar-refractivity contribution in [3.63, 3.8) is 0 Å². The third-order valence-corrected chi connectivity index (χ3v) is 14.0. The van der Waals surface area contributed by atoms with E-state index in [0.717, 1.165) is 16.7 Å². The number of esters is 3. The van der Waals surface area contributed by atoms with Crippen LogP contribution in [-0.4, -0.2) is 103 Å². The van der Waals surface area contributed by atoms with Crippen molar-refractivity contribution in [3.8, 4) is 40.2 Å². The summed E-state index contributed by atoms with van der Waals surface area (Å²) in [4.78, 5) is 43.9. The largest absolute Gasteiger partial charge is 0.504 e. The molecule has 2 saturated heterocycles. The highest BCUT2D eigenvalue weighted by Gasteiger charge is 2.61. The Morgan fingerprint density at radius 3 is 2.42 bits per heavy atom. The van der Waals surface area contributed by atoms with Crippen LogP contribution in [0.1, 0.15) is 75.7 Å². The molecule has 2 fully saturated rings. The third-order valence-electron chi connectivity index (χ3n) is 12.5. The smallest absolute Gasteiger partial charge is 0.331 e. The predicted octanol–water partition coefficient (Wildman–Crippen LogP) is 3.63. The van der Waals surface area contributed by atoms with Crippen LogP contribution < -0.4 is 33.7 Å². The minimum absolute atomic E-state index is 0.0286. The Labute approximate surface area is 333 Å². The third kappa shape index (κ3) is 5.44. The van der Waals surface area contributed by atoms with Crippen LogP contribution in [0.25, 0.3) is 0 Å². The molecular weight excluding hydrogens is 759 g/mol. The van der Waals surface area contributed by atoms with Gasteiger partial charge in [-0.2, -0.15) is 0 Å². The quantitative estimate of drug-likeness (QED) is 0.258. The van der Waals surface area contributed by atoms with Gasteiger partial charge < -0.3 is 43.4 Å². The molecule has 3 N–H and O–H groups in total. The van der Waals surface area contributed by atoms with Crippen molar-refractivity contribution in [1.29, 1.82) is 0 Å². The van der Waals surface area contributed by atoms with Gasteiger partial charge in [-0.25, -0.2) is 4.79 Å². The number of nitrogens with zero attached hydrogens (tertiary/aromatic N) is 2. The molecule has 302 valence electrons. The average molecular weight is 804 g/mol. The molecule has 4 bridgehead atoms. The summed E-state index contributed by atoms with van der Waals surface area (Å²) < 4.78 is 41.7. The molecule has 0 saturated carbocycles. The summed E-state index contributed by atoms with van der Waals surface area (Å²) in [6.07, 6.45) is -0.0837. The molecule has 3 aromatic rings. The van der Waals surface area contributed by atoms with Gasteiger partial charge in [-0.3, -0.25) is 24.7 Å². The Bertz CT molecular complexity index is 2250. The maximum Gasteiger partial charge on any atom is 0.331 e. The number of hydrogen-bond donors (Lipinski definition) is 3. The number of aryl methyl sites for hydroxylation is 1. The van der Waals surface area contributed by atoms with Crippen LogP contribution in [0, 0.1) is 13.8 Å². The number of ether oxygens (including phenoxy) is 7. The Morgan fingerprint density at radius 2 is 1.70 bits per heavy atom. The van der Waals surface area contributed by atoms with Crippen molar-refractivity contribution in [2.24, 2.45) is 0 Å². The van der Waals surface area contributed by atoms with Gasteiger partial charge in [0.2, 0.25) is 6.79 Å². The normalized spacial score (nSPS) is 28.4. The molecule has 3 aromatic carbocycles. The van der Waals surface area contributed by atoms with E-state index in [-0.39, 0.29) is 36.4 Å². The molecule has 10 rings (SSSR count). The summed E-state index contributed by atoms with van der Waals surface area (Å²) in [6, 6.07) is 3.18. The van der Waals surface area contributed by atoms with E-state index in [4.69, 9.17) is 33.2 Å². The van der Waals surface area contributed by atoms with Gasteiger partial charge in [0.15, 0.2) is 40.0 Å². The molecule has 15 nitrogen and oxygen atoms in total. The van der Waals surface area contributed by atoms with Gasteiger partial charge in [-0.15, -0.1) is 11.8 Å². The fourth-order valence-corrected chi connectivity index (χ4v) is 11.9. The van der Waals surface area contributed by atoms with Crippen LogP contribution in [-0.2, 0) is 37.5 Å². The number of carbonyl (C=O) groups excluding carboxylic acids is 3. The summed E-state index contributed by atoms with van der Waals surface area (Å²) in [5, 5.41) is 27.5. The van der Waals surface area contributed by atoms with E-state index >= 15 is 0 Å². The van der Waals surface area contributed by atoms with Crippen LogP contribution in [0.3, 0.4) is 0 Å². The lowest BCUT2D eigenvalue weighted by Gasteiger charge is -2.62. The lowest BCUT2D eigenvalue weighted by molar-refractivity contribution is -0.186. The van der Waals surface area contributed by atoms with Crippen molar-refractivity contribution in [2.45, 2.75) is 81.7 Å². The monoisotopic (exact) mass is 803 g/mol. The molecule has 0 aromatic heterocycles. The van der Waals surface area contributed by atoms with E-state index in [2.05, 4.69) is 10.2 Å². The average Bonchev–Trinajstić information content (AvgIpc) is 3.66. The minimum Gasteiger partial charge on any atom is -0.504 e. The van der Waals surface area contributed by atoms with Crippen LogP contribution in [0.15, 0.2) is 18.2 Å². The predicted molar refractivity (Wildman–Crippen MR) is 204 cm³/mol. The highest BCUT2D eigenvalue weighted by atomic mass is 32.2. The number of fused-ring (bicyclic) bond motifs is 9. The molecule has 57 heavy (non-hydrogen) atoms. The first-order valence-corrected chi connectivity index (χ1v) is 20.0. The van der Waals surface area contributed by atoms with Gasteiger partial charge >= 0.3 is 17.9 Å². The molecule has 7 aliphatic heterocycles. The van der Waals surface area contributed by atoms with Gasteiger partial charge in [-0.05, 0) is 68.1 Å². The van der Waals surface area contributed by atoms with Crippen molar-refractivity contribution < 1.29 is 57.8 Å². The van der Waals surface area contributed by atoms with Crippen LogP contribution >= 0.6 is 11.8 Å². The van der Waals surface area contributed by atoms with Crippen molar-refractivity contribution in [2.75, 3.05) is 47.0 Å². The van der Waals surface area contributed by atoms with Gasteiger partial charge in [-0.1, -0.05) is 6.07 Å². The van der Waals surface area contributed by atoms with E-state index in [1.54, 1.807) is 12.1 Å². The number of aliphatic hydroxyl groups excluding tert-OH is 1. The topological polar surface area (TPSA) is 175 Å². The standard InChI is InChI=1S/C41H45N3O12S/c1-17-10-22-11-24-39(48)44-25-14-52-40(49)41(23-13-26(50-6)27(55-19(3)45)12-21(23)8-9-42-41)15-57-38(32(44)31(43(24)5)28(22)33(47)34(17)51-7)30-29(25)37-36(53-16-54-37)18(2)35(30)56-20(4)46/h10,12-13,24-25,31-32,38-39,42,47-48H,8-9,11,14-16H2,1-7H3/t24-,25+,31-,32?,38-,39+,41-/m1/s1. The Morgan fingerprint density at radius 1 is 0.947 bits per heavy atom. The number of phenolic OH excluding ortho intramolecular Hbond substituents is 1. The van der Waals surface area contributed by atoms with Crippen LogP contribution in [0.4, 0.5) is 0 Å². The number of thioether (sulfide) groups is 1. The molecule has 0 amide bonds. The lowest BCUT2D eigenvalue weighted by Crippen LogP contribution is -2.70. The van der Waals surface area contributed by atoms with Crippen LogP contribution in [0.5, 0.6) is 40.2 Å². The van der Waals surface area contributed by atoms with E-state index in [1.165, 1.54) is 39.8 Å². The molecule has 7 heterocycles. The van der Waals surface area contributed by atoms with Gasteiger partial charge in [0, 0.05) is 54.4 Å². The zero-order valence-corrected chi connectivity index (χ0v) is 33.5. The van der Waals surface area contributed by atoms with Crippen molar-refractivity contribution in [3.05, 3.63) is 62.7 Å². The second kappa shape index (κ2) is 13.7. The maximum absolute atomic E-state index is 14.8. The Kier molecular flexibility index (Phi) is 9.08. The molecule has 16 heteroatoms. The van der Waals surface area contributed by atoms with Gasteiger partial charge in [0.25, 0.3) is 0 Å². The number of phenols is 1. The number of aliphatic hydroxyl groups is 1. The van der Waals surface area contributed by atoms with Gasteiger partial charge in [0.05, 0.1) is 37.6 Å². The molecule has 0 aliphatic carbocycles. The number of aromatic hydroxyl groups is 1. The number of benzene rings is 3. The number of piperazine rings is 1. The van der Waals surface area contributed by atoms with E-state index < -0.39 is 59.1 Å². The van der Waals surface area contributed by atoms with Gasteiger partial charge in [0.1, 0.15) is 18.6 Å². The molecule has 1 unspecified atom stereocenters. The summed E-state index contributed by atoms with van der Waals surface area (Å²) in [6.45, 7) is 6.50. The van der Waals surface area contributed by atoms with Crippen molar-refractivity contribution >= 4 is 29.7 Å². The van der Waals surface area contributed by atoms with Crippen LogP contribution in [0.2, 0.25) is 0 Å². The fraction of sp³-hybridized carbons (Fsp3) is 0.488. The molecule has 1 spiro atoms. The highest BCUT2D eigenvalue weighted by Crippen LogP contribution is 2.64. The van der Waals surface area contributed by atoms with E-state index in [0.29, 0.717) is 70.2 Å². The first-order valence-electron chi connectivity index (χ1n) is 19.0. The highest BCUT2D eigenvalue weighted by molar-refractivity contribution is 7.99. The summed E-state index contributed by atoms with van der Waals surface area (Å²) >= 11 is 1.46. The maximum atomic E-state index is 14.8. The van der Waals surface area contributed by atoms with E-state index in [1.807, 2.05) is 31.9 Å². The Balaban J connectivity index is 1.30. The number of methoxy groups -OCH3 is 2. The second-order valence-electron chi connectivity index (χ2n) is 15.5. The molecular formula is C41H45N3O12S. The number of carbonyl (C=O) groups is 3. The summed E-state index contributed by atoms with van der Waals surface area (Å²) in [5.74, 6) is 0.657. The second-order valence-corrected chi connectivity index (χ2v) is 16.6. The number of rotatable bonds is 4. The zero-order valence-electron chi connectivity index (χ0n) is 32.7. The zero-order chi connectivity index (χ0) is 40.2. The van der Waals surface area contributed by atoms with E-state index in [9.17, 15) is 24.6 Å². The first kappa shape index (κ1) is 37.8. The Hall–Kier alpha value is -4.74. The number of hydrogen-bond acceptors (Lipinski definition) is 16. The summed E-state index contributed by atoms with van der Waals surface area (Å²) in [5.41, 5.74) is 4.23. The lowest BCUT2D eigenvalue weighted by atomic mass is 9.73. The molecule has 0 radical (unpaired) electrons. The van der Waals surface area contributed by atoms with Crippen molar-refractivity contribution in [1.82, 2.24) is 15.1 Å². The fourth-order valence-electron chi connectivity index (χ4n) is 10.2. The number of likely N-dealkylation sites (N-methyl/N-ethyl adjacent to an activating group) is 1. The first-order chi connectivity index (χ1) is 27.3.